The van der Waals surface area contributed by atoms with E-state index in [1.807, 2.05) is 16.8 Å². The van der Waals surface area contributed by atoms with Crippen molar-refractivity contribution in [1.82, 2.24) is 14.5 Å². The van der Waals surface area contributed by atoms with Gasteiger partial charge in [-0.15, -0.1) is 0 Å². The van der Waals surface area contributed by atoms with Gasteiger partial charge in [-0.05, 0) is 23.7 Å². The lowest BCUT2D eigenvalue weighted by atomic mass is 10.4. The van der Waals surface area contributed by atoms with Crippen LogP contribution in [-0.2, 0) is 16.2 Å². The van der Waals surface area contributed by atoms with Gasteiger partial charge in [0, 0.05) is 34.5 Å². The predicted octanol–water partition coefficient (Wildman–Crippen LogP) is 3.46. The van der Waals surface area contributed by atoms with E-state index in [0.29, 0.717) is 19.9 Å². The lowest BCUT2D eigenvalue weighted by Crippen LogP contribution is -2.22. The molecule has 0 bridgehead atoms. The smallest absolute Gasteiger partial charge is 0.226 e. The van der Waals surface area contributed by atoms with Crippen LogP contribution < -0.4 is 5.32 Å². The highest BCUT2D eigenvalue weighted by molar-refractivity contribution is 6.76. The fourth-order valence-corrected chi connectivity index (χ4v) is 3.01. The minimum atomic E-state index is -1.07. The first-order valence-electron chi connectivity index (χ1n) is 7.73. The van der Waals surface area contributed by atoms with Crippen molar-refractivity contribution in [3.05, 3.63) is 17.5 Å². The first kappa shape index (κ1) is 18.2. The second-order valence-electron chi connectivity index (χ2n) is 6.63. The van der Waals surface area contributed by atoms with E-state index in [4.69, 9.17) is 21.1 Å². The Morgan fingerprint density at radius 1 is 1.26 bits per heavy atom. The van der Waals surface area contributed by atoms with Crippen molar-refractivity contribution < 1.29 is 9.47 Å². The average molecular weight is 357 g/mol. The van der Waals surface area contributed by atoms with E-state index in [-0.39, 0.29) is 5.28 Å². The zero-order chi connectivity index (χ0) is 16.9. The third-order valence-electron chi connectivity index (χ3n) is 3.42. The molecule has 0 radical (unpaired) electrons. The van der Waals surface area contributed by atoms with Gasteiger partial charge in [-0.2, -0.15) is 4.98 Å². The van der Waals surface area contributed by atoms with Crippen LogP contribution in [0.15, 0.2) is 12.3 Å². The largest absolute Gasteiger partial charge is 0.383 e. The molecular weight excluding hydrogens is 332 g/mol. The van der Waals surface area contributed by atoms with E-state index in [1.54, 1.807) is 7.11 Å². The van der Waals surface area contributed by atoms with Gasteiger partial charge in [0.25, 0.3) is 0 Å². The number of nitrogens with one attached hydrogen (secondary N) is 1. The number of fused-ring (bicyclic) bond motifs is 1. The normalized spacial score (nSPS) is 12.0. The number of nitrogens with zero attached hydrogens (tertiary/aromatic N) is 3. The van der Waals surface area contributed by atoms with E-state index in [1.165, 1.54) is 0 Å². The van der Waals surface area contributed by atoms with Crippen molar-refractivity contribution in [3.8, 4) is 0 Å². The second kappa shape index (κ2) is 8.10. The van der Waals surface area contributed by atoms with Gasteiger partial charge in [-0.1, -0.05) is 19.6 Å². The van der Waals surface area contributed by atoms with Crippen LogP contribution in [0.25, 0.3) is 11.0 Å². The van der Waals surface area contributed by atoms with Crippen LogP contribution in [0, 0.1) is 0 Å². The molecule has 0 aromatic carbocycles. The van der Waals surface area contributed by atoms with Crippen molar-refractivity contribution in [2.45, 2.75) is 32.4 Å². The standard InChI is InChI=1S/C15H25ClN4O2Si/c1-21-8-6-17-13-12-5-7-20(14(12)19-15(16)18-13)11-22-9-10-23(2,3)4/h5,7H,6,8-11H2,1-4H3,(H,17,18,19). The molecule has 0 amide bonds. The average Bonchev–Trinajstić information content (AvgIpc) is 2.86. The third kappa shape index (κ3) is 5.45. The van der Waals surface area contributed by atoms with Crippen LogP contribution >= 0.6 is 11.6 Å². The summed E-state index contributed by atoms with van der Waals surface area (Å²) in [5.41, 5.74) is 0.776. The van der Waals surface area contributed by atoms with Crippen LogP contribution in [0.2, 0.25) is 31.0 Å². The molecule has 8 heteroatoms. The van der Waals surface area contributed by atoms with E-state index in [0.717, 1.165) is 29.5 Å². The molecule has 0 saturated carbocycles. The molecule has 0 atom stereocenters. The van der Waals surface area contributed by atoms with Crippen LogP contribution in [0.1, 0.15) is 0 Å². The fourth-order valence-electron chi connectivity index (χ4n) is 2.09. The summed E-state index contributed by atoms with van der Waals surface area (Å²) in [7, 11) is 0.593. The zero-order valence-electron chi connectivity index (χ0n) is 14.2. The number of ether oxygens (including phenoxy) is 2. The van der Waals surface area contributed by atoms with Crippen molar-refractivity contribution >= 4 is 36.5 Å². The molecule has 1 N–H and O–H groups in total. The molecule has 0 aliphatic rings. The number of aromatic nitrogens is 3. The minimum absolute atomic E-state index is 0.222. The Labute approximate surface area is 143 Å². The molecule has 0 fully saturated rings. The van der Waals surface area contributed by atoms with Crippen LogP contribution in [0.5, 0.6) is 0 Å². The molecule has 0 unspecified atom stereocenters. The molecule has 2 aromatic rings. The number of hydrogen-bond donors (Lipinski definition) is 1. The Balaban J connectivity index is 2.07. The van der Waals surface area contributed by atoms with Gasteiger partial charge in [0.2, 0.25) is 5.28 Å². The molecule has 2 aromatic heterocycles. The Bertz CT molecular complexity index is 642. The maximum absolute atomic E-state index is 6.04. The number of halogens is 1. The predicted molar refractivity (Wildman–Crippen MR) is 97.0 cm³/mol. The van der Waals surface area contributed by atoms with Gasteiger partial charge in [0.1, 0.15) is 18.2 Å². The third-order valence-corrected chi connectivity index (χ3v) is 5.29. The SMILES string of the molecule is COCCNc1nc(Cl)nc2c1ccn2COCC[Si](C)(C)C. The first-order valence-corrected chi connectivity index (χ1v) is 11.8. The number of hydrogen-bond acceptors (Lipinski definition) is 5. The number of methoxy groups -OCH3 is 1. The number of rotatable bonds is 9. The van der Waals surface area contributed by atoms with Gasteiger partial charge in [-0.25, -0.2) is 4.98 Å². The maximum atomic E-state index is 6.04. The summed E-state index contributed by atoms with van der Waals surface area (Å²) >= 11 is 6.04. The summed E-state index contributed by atoms with van der Waals surface area (Å²) in [6, 6.07) is 3.12. The molecule has 0 saturated heterocycles. The van der Waals surface area contributed by atoms with E-state index in [2.05, 4.69) is 34.9 Å². The van der Waals surface area contributed by atoms with Gasteiger partial charge >= 0.3 is 0 Å². The maximum Gasteiger partial charge on any atom is 0.226 e. The lowest BCUT2D eigenvalue weighted by molar-refractivity contribution is 0.0899. The molecular formula is C15H25ClN4O2Si. The van der Waals surface area contributed by atoms with Crippen LogP contribution in [-0.4, -0.2) is 49.5 Å². The Morgan fingerprint density at radius 3 is 2.74 bits per heavy atom. The first-order chi connectivity index (χ1) is 10.9. The monoisotopic (exact) mass is 356 g/mol. The van der Waals surface area contributed by atoms with Gasteiger partial charge < -0.3 is 19.4 Å². The van der Waals surface area contributed by atoms with Crippen LogP contribution in [0.4, 0.5) is 5.82 Å². The van der Waals surface area contributed by atoms with Crippen molar-refractivity contribution in [1.29, 1.82) is 0 Å². The molecule has 0 spiro atoms. The summed E-state index contributed by atoms with van der Waals surface area (Å²) in [5.74, 6) is 0.720. The lowest BCUT2D eigenvalue weighted by Gasteiger charge is -2.15. The topological polar surface area (TPSA) is 61.2 Å². The minimum Gasteiger partial charge on any atom is -0.383 e. The highest BCUT2D eigenvalue weighted by Crippen LogP contribution is 2.23. The molecule has 128 valence electrons. The van der Waals surface area contributed by atoms with Crippen molar-refractivity contribution in [2.24, 2.45) is 0 Å². The van der Waals surface area contributed by atoms with E-state index in [9.17, 15) is 0 Å². The second-order valence-corrected chi connectivity index (χ2v) is 12.6. The van der Waals surface area contributed by atoms with Crippen LogP contribution in [0.3, 0.4) is 0 Å². The quantitative estimate of drug-likeness (QED) is 0.423. The molecule has 6 nitrogen and oxygen atoms in total. The Kier molecular flexibility index (Phi) is 6.40. The van der Waals surface area contributed by atoms with Gasteiger partial charge in [0.05, 0.1) is 12.0 Å². The highest BCUT2D eigenvalue weighted by Gasteiger charge is 2.13. The summed E-state index contributed by atoms with van der Waals surface area (Å²) in [5, 5.41) is 4.37. The molecule has 2 rings (SSSR count). The Morgan fingerprint density at radius 2 is 2.04 bits per heavy atom. The summed E-state index contributed by atoms with van der Waals surface area (Å²) < 4.78 is 12.8. The molecule has 23 heavy (non-hydrogen) atoms. The summed E-state index contributed by atoms with van der Waals surface area (Å²) in [4.78, 5) is 8.58. The number of anilines is 1. The zero-order valence-corrected chi connectivity index (χ0v) is 16.0. The Hall–Kier alpha value is -1.15. The van der Waals surface area contributed by atoms with Crippen molar-refractivity contribution in [3.63, 3.8) is 0 Å². The summed E-state index contributed by atoms with van der Waals surface area (Å²) in [6.45, 7) is 9.53. The molecule has 2 heterocycles. The van der Waals surface area contributed by atoms with Crippen molar-refractivity contribution in [2.75, 3.05) is 32.2 Å². The van der Waals surface area contributed by atoms with Gasteiger partial charge in [0.15, 0.2) is 0 Å². The van der Waals surface area contributed by atoms with E-state index >= 15 is 0 Å². The summed E-state index contributed by atoms with van der Waals surface area (Å²) in [6.07, 6.45) is 1.95. The highest BCUT2D eigenvalue weighted by atomic mass is 35.5. The van der Waals surface area contributed by atoms with Gasteiger partial charge in [-0.3, -0.25) is 0 Å². The molecule has 0 aliphatic carbocycles. The van der Waals surface area contributed by atoms with E-state index < -0.39 is 8.07 Å². The molecule has 0 aliphatic heterocycles. The fraction of sp³-hybridized carbons (Fsp3) is 0.600.